The maximum absolute atomic E-state index is 9.93. The van der Waals surface area contributed by atoms with Gasteiger partial charge in [0.15, 0.2) is 0 Å². The smallest absolute Gasteiger partial charge is 0.121 e. The predicted molar refractivity (Wildman–Crippen MR) is 54.7 cm³/mol. The van der Waals surface area contributed by atoms with Gasteiger partial charge in [-0.25, -0.2) is 0 Å². The van der Waals surface area contributed by atoms with E-state index in [2.05, 4.69) is 4.98 Å². The zero-order chi connectivity index (χ0) is 9.80. The van der Waals surface area contributed by atoms with E-state index in [4.69, 9.17) is 0 Å². The molecule has 1 N–H and O–H groups in total. The molecule has 0 aliphatic rings. The van der Waals surface area contributed by atoms with E-state index in [0.717, 1.165) is 5.56 Å². The highest BCUT2D eigenvalue weighted by atomic mass is 16.3. The Morgan fingerprint density at radius 3 is 2.29 bits per heavy atom. The lowest BCUT2D eigenvalue weighted by Crippen LogP contribution is -2.01. The largest absolute Gasteiger partial charge is 0.382 e. The van der Waals surface area contributed by atoms with Gasteiger partial charge in [0.05, 0.1) is 5.69 Å². The third-order valence-corrected chi connectivity index (χ3v) is 2.08. The van der Waals surface area contributed by atoms with Crippen LogP contribution in [0.2, 0.25) is 0 Å². The number of pyridine rings is 1. The van der Waals surface area contributed by atoms with E-state index >= 15 is 0 Å². The molecule has 2 rings (SSSR count). The summed E-state index contributed by atoms with van der Waals surface area (Å²) in [5, 5.41) is 9.93. The van der Waals surface area contributed by atoms with E-state index in [-0.39, 0.29) is 0 Å². The maximum atomic E-state index is 9.93. The third-order valence-electron chi connectivity index (χ3n) is 2.08. The lowest BCUT2D eigenvalue weighted by atomic mass is 10.1. The fourth-order valence-corrected chi connectivity index (χ4v) is 1.34. The van der Waals surface area contributed by atoms with E-state index in [1.807, 2.05) is 48.5 Å². The molecule has 0 radical (unpaired) electrons. The lowest BCUT2D eigenvalue weighted by Gasteiger charge is -2.09. The van der Waals surface area contributed by atoms with Gasteiger partial charge in [-0.2, -0.15) is 0 Å². The van der Waals surface area contributed by atoms with Crippen LogP contribution in [0.4, 0.5) is 0 Å². The second kappa shape index (κ2) is 4.03. The fourth-order valence-electron chi connectivity index (χ4n) is 1.34. The highest BCUT2D eigenvalue weighted by Crippen LogP contribution is 2.18. The highest BCUT2D eigenvalue weighted by Gasteiger charge is 2.09. The van der Waals surface area contributed by atoms with E-state index in [9.17, 15) is 5.11 Å². The molecule has 14 heavy (non-hydrogen) atoms. The molecule has 70 valence electrons. The minimum absolute atomic E-state index is 0.627. The molecular weight excluding hydrogens is 174 g/mol. The first-order valence-corrected chi connectivity index (χ1v) is 4.52. The van der Waals surface area contributed by atoms with Gasteiger partial charge in [-0.15, -0.1) is 0 Å². The Morgan fingerprint density at radius 1 is 0.929 bits per heavy atom. The molecule has 0 fully saturated rings. The Balaban J connectivity index is 2.30. The molecular formula is C12H11NO. The van der Waals surface area contributed by atoms with Gasteiger partial charge >= 0.3 is 0 Å². The molecule has 0 aliphatic heterocycles. The van der Waals surface area contributed by atoms with Crippen molar-refractivity contribution in [3.05, 3.63) is 66.0 Å². The first-order chi connectivity index (χ1) is 6.88. The summed E-state index contributed by atoms with van der Waals surface area (Å²) >= 11 is 0. The Hall–Kier alpha value is -1.67. The van der Waals surface area contributed by atoms with Gasteiger partial charge in [0.25, 0.3) is 0 Å². The summed E-state index contributed by atoms with van der Waals surface area (Å²) < 4.78 is 0. The summed E-state index contributed by atoms with van der Waals surface area (Å²) in [6, 6.07) is 15.0. The molecule has 2 heteroatoms. The summed E-state index contributed by atoms with van der Waals surface area (Å²) in [5.41, 5.74) is 1.55. The summed E-state index contributed by atoms with van der Waals surface area (Å²) in [6.45, 7) is 0. The van der Waals surface area contributed by atoms with E-state index in [1.165, 1.54) is 0 Å². The van der Waals surface area contributed by atoms with Crippen LogP contribution in [0.25, 0.3) is 0 Å². The van der Waals surface area contributed by atoms with Crippen LogP contribution in [0.5, 0.6) is 0 Å². The number of benzene rings is 1. The minimum Gasteiger partial charge on any atom is -0.382 e. The quantitative estimate of drug-likeness (QED) is 0.777. The van der Waals surface area contributed by atoms with Crippen molar-refractivity contribution in [3.63, 3.8) is 0 Å². The average Bonchev–Trinajstić information content (AvgIpc) is 2.30. The van der Waals surface area contributed by atoms with Crippen molar-refractivity contribution in [2.24, 2.45) is 0 Å². The maximum Gasteiger partial charge on any atom is 0.121 e. The zero-order valence-electron chi connectivity index (χ0n) is 7.67. The van der Waals surface area contributed by atoms with Gasteiger partial charge in [-0.1, -0.05) is 36.4 Å². The number of nitrogens with zero attached hydrogens (tertiary/aromatic N) is 1. The van der Waals surface area contributed by atoms with Crippen molar-refractivity contribution in [3.8, 4) is 0 Å². The Morgan fingerprint density at radius 2 is 1.64 bits per heavy atom. The normalized spacial score (nSPS) is 12.4. The van der Waals surface area contributed by atoms with Gasteiger partial charge in [-0.3, -0.25) is 4.98 Å². The van der Waals surface area contributed by atoms with Crippen LogP contribution in [0.15, 0.2) is 54.7 Å². The minimum atomic E-state index is -0.627. The number of aliphatic hydroxyl groups excluding tert-OH is 1. The Labute approximate surface area is 82.9 Å². The highest BCUT2D eigenvalue weighted by molar-refractivity contribution is 5.25. The van der Waals surface area contributed by atoms with Crippen LogP contribution in [-0.4, -0.2) is 10.1 Å². The predicted octanol–water partition coefficient (Wildman–Crippen LogP) is 2.16. The SMILES string of the molecule is OC(c1ccccc1)c1ccccn1. The summed E-state index contributed by atoms with van der Waals surface area (Å²) in [5.74, 6) is 0. The molecule has 0 spiro atoms. The van der Waals surface area contributed by atoms with Crippen molar-refractivity contribution >= 4 is 0 Å². The van der Waals surface area contributed by atoms with Crippen LogP contribution in [0.3, 0.4) is 0 Å². The second-order valence-corrected chi connectivity index (χ2v) is 3.07. The van der Waals surface area contributed by atoms with Crippen molar-refractivity contribution in [2.45, 2.75) is 6.10 Å². The van der Waals surface area contributed by atoms with Crippen molar-refractivity contribution in [2.75, 3.05) is 0 Å². The number of aliphatic hydroxyl groups is 1. The molecule has 1 aromatic carbocycles. The molecule has 1 atom stereocenters. The van der Waals surface area contributed by atoms with Crippen LogP contribution in [0.1, 0.15) is 17.4 Å². The summed E-state index contributed by atoms with van der Waals surface area (Å²) in [7, 11) is 0. The van der Waals surface area contributed by atoms with Gasteiger partial charge in [0.2, 0.25) is 0 Å². The second-order valence-electron chi connectivity index (χ2n) is 3.07. The summed E-state index contributed by atoms with van der Waals surface area (Å²) in [6.07, 6.45) is 1.05. The topological polar surface area (TPSA) is 33.1 Å². The zero-order valence-corrected chi connectivity index (χ0v) is 7.67. The van der Waals surface area contributed by atoms with E-state index in [0.29, 0.717) is 5.69 Å². The number of rotatable bonds is 2. The van der Waals surface area contributed by atoms with Crippen molar-refractivity contribution in [1.29, 1.82) is 0 Å². The van der Waals surface area contributed by atoms with Crippen molar-refractivity contribution in [1.82, 2.24) is 4.98 Å². The molecule has 0 bridgehead atoms. The van der Waals surface area contributed by atoms with Crippen molar-refractivity contribution < 1.29 is 5.11 Å². The molecule has 2 aromatic rings. The summed E-state index contributed by atoms with van der Waals surface area (Å²) in [4.78, 5) is 4.11. The molecule has 1 heterocycles. The van der Waals surface area contributed by atoms with E-state index in [1.54, 1.807) is 6.20 Å². The monoisotopic (exact) mass is 185 g/mol. The van der Waals surface area contributed by atoms with Gasteiger partial charge in [0.1, 0.15) is 6.10 Å². The molecule has 1 aromatic heterocycles. The van der Waals surface area contributed by atoms with Crippen LogP contribution in [-0.2, 0) is 0 Å². The van der Waals surface area contributed by atoms with Crippen LogP contribution < -0.4 is 0 Å². The van der Waals surface area contributed by atoms with Gasteiger partial charge < -0.3 is 5.11 Å². The molecule has 1 unspecified atom stereocenters. The molecule has 0 saturated carbocycles. The van der Waals surface area contributed by atoms with Crippen LogP contribution in [0, 0.1) is 0 Å². The molecule has 0 amide bonds. The lowest BCUT2D eigenvalue weighted by molar-refractivity contribution is 0.215. The third kappa shape index (κ3) is 1.80. The molecule has 0 saturated heterocycles. The number of aromatic nitrogens is 1. The van der Waals surface area contributed by atoms with E-state index < -0.39 is 6.10 Å². The number of hydrogen-bond acceptors (Lipinski definition) is 2. The molecule has 0 aliphatic carbocycles. The first-order valence-electron chi connectivity index (χ1n) is 4.52. The Kier molecular flexibility index (Phi) is 2.56. The van der Waals surface area contributed by atoms with Gasteiger partial charge in [-0.05, 0) is 17.7 Å². The number of hydrogen-bond donors (Lipinski definition) is 1. The first kappa shape index (κ1) is 8.91. The molecule has 2 nitrogen and oxygen atoms in total. The van der Waals surface area contributed by atoms with Crippen LogP contribution >= 0.6 is 0 Å². The van der Waals surface area contributed by atoms with Gasteiger partial charge in [0, 0.05) is 6.20 Å². The fraction of sp³-hybridized carbons (Fsp3) is 0.0833. The Bertz CT molecular complexity index is 346. The average molecular weight is 185 g/mol. The standard InChI is InChI=1S/C12H11NO/c14-12(10-6-2-1-3-7-10)11-8-4-5-9-13-11/h1-9,12,14H.